The van der Waals surface area contributed by atoms with Gasteiger partial charge in [0.05, 0.1) is 5.92 Å². The van der Waals surface area contributed by atoms with E-state index in [1.807, 2.05) is 14.0 Å². The number of hydrogen-bond acceptors (Lipinski definition) is 1. The minimum atomic E-state index is -4.00. The lowest BCUT2D eigenvalue weighted by Crippen LogP contribution is -2.41. The molecule has 0 heterocycles. The summed E-state index contributed by atoms with van der Waals surface area (Å²) in [4.78, 5) is 0. The van der Waals surface area contributed by atoms with Crippen LogP contribution in [0.2, 0.25) is 0 Å². The molecule has 3 atom stereocenters. The second-order valence-electron chi connectivity index (χ2n) is 4.12. The SMILES string of the molecule is CCC1CC(NC)CCC1C(F)(F)F. The molecule has 0 saturated heterocycles. The van der Waals surface area contributed by atoms with Gasteiger partial charge >= 0.3 is 6.18 Å². The molecule has 1 aliphatic rings. The Kier molecular flexibility index (Phi) is 3.81. The highest BCUT2D eigenvalue weighted by Gasteiger charge is 2.46. The number of alkyl halides is 3. The summed E-state index contributed by atoms with van der Waals surface area (Å²) in [7, 11) is 1.82. The van der Waals surface area contributed by atoms with Gasteiger partial charge in [-0.25, -0.2) is 0 Å². The van der Waals surface area contributed by atoms with Crippen LogP contribution >= 0.6 is 0 Å². The Morgan fingerprint density at radius 3 is 2.36 bits per heavy atom. The topological polar surface area (TPSA) is 12.0 Å². The molecule has 0 aromatic rings. The smallest absolute Gasteiger partial charge is 0.317 e. The summed E-state index contributed by atoms with van der Waals surface area (Å²) in [5.41, 5.74) is 0. The minimum Gasteiger partial charge on any atom is -0.317 e. The Bertz CT molecular complexity index is 179. The van der Waals surface area contributed by atoms with Crippen LogP contribution in [-0.4, -0.2) is 19.3 Å². The van der Waals surface area contributed by atoms with Crippen LogP contribution in [0.25, 0.3) is 0 Å². The predicted octanol–water partition coefficient (Wildman–Crippen LogP) is 2.96. The predicted molar refractivity (Wildman–Crippen MR) is 50.0 cm³/mol. The van der Waals surface area contributed by atoms with Gasteiger partial charge in [-0.2, -0.15) is 13.2 Å². The average molecular weight is 209 g/mol. The maximum Gasteiger partial charge on any atom is 0.392 e. The Hall–Kier alpha value is -0.250. The van der Waals surface area contributed by atoms with Crippen molar-refractivity contribution in [2.45, 2.75) is 44.8 Å². The number of halogens is 3. The number of hydrogen-bond donors (Lipinski definition) is 1. The van der Waals surface area contributed by atoms with Crippen molar-refractivity contribution < 1.29 is 13.2 Å². The molecule has 0 aromatic heterocycles. The van der Waals surface area contributed by atoms with E-state index in [4.69, 9.17) is 0 Å². The molecule has 0 bridgehead atoms. The van der Waals surface area contributed by atoms with Crippen molar-refractivity contribution >= 4 is 0 Å². The molecule has 1 fully saturated rings. The fourth-order valence-corrected chi connectivity index (χ4v) is 2.41. The van der Waals surface area contributed by atoms with Crippen molar-refractivity contribution in [2.75, 3.05) is 7.05 Å². The molecule has 0 amide bonds. The van der Waals surface area contributed by atoms with E-state index < -0.39 is 12.1 Å². The first-order chi connectivity index (χ1) is 6.49. The van der Waals surface area contributed by atoms with Crippen molar-refractivity contribution in [3.05, 3.63) is 0 Å². The van der Waals surface area contributed by atoms with E-state index in [2.05, 4.69) is 5.32 Å². The number of nitrogens with one attached hydrogen (secondary N) is 1. The molecule has 84 valence electrons. The van der Waals surface area contributed by atoms with Gasteiger partial charge < -0.3 is 5.32 Å². The molecular weight excluding hydrogens is 191 g/mol. The summed E-state index contributed by atoms with van der Waals surface area (Å²) in [6.45, 7) is 1.85. The third-order valence-electron chi connectivity index (χ3n) is 3.34. The fraction of sp³-hybridized carbons (Fsp3) is 1.00. The molecular formula is C10H18F3N. The van der Waals surface area contributed by atoms with Gasteiger partial charge in [0.15, 0.2) is 0 Å². The highest BCUT2D eigenvalue weighted by atomic mass is 19.4. The summed E-state index contributed by atoms with van der Waals surface area (Å²) >= 11 is 0. The van der Waals surface area contributed by atoms with Crippen molar-refractivity contribution in [1.29, 1.82) is 0 Å². The summed E-state index contributed by atoms with van der Waals surface area (Å²) in [5, 5.41) is 3.07. The van der Waals surface area contributed by atoms with Gasteiger partial charge in [-0.05, 0) is 32.2 Å². The van der Waals surface area contributed by atoms with Gasteiger partial charge in [-0.15, -0.1) is 0 Å². The van der Waals surface area contributed by atoms with E-state index in [1.165, 1.54) is 0 Å². The van der Waals surface area contributed by atoms with E-state index in [1.54, 1.807) is 0 Å². The Balaban J connectivity index is 2.61. The molecule has 1 nitrogen and oxygen atoms in total. The quantitative estimate of drug-likeness (QED) is 0.737. The monoisotopic (exact) mass is 209 g/mol. The van der Waals surface area contributed by atoms with E-state index in [9.17, 15) is 13.2 Å². The molecule has 0 aromatic carbocycles. The first kappa shape index (κ1) is 11.8. The third kappa shape index (κ3) is 2.62. The van der Waals surface area contributed by atoms with Crippen LogP contribution in [0.3, 0.4) is 0 Å². The Morgan fingerprint density at radius 2 is 1.93 bits per heavy atom. The molecule has 1 N–H and O–H groups in total. The van der Waals surface area contributed by atoms with Crippen LogP contribution in [0.5, 0.6) is 0 Å². The van der Waals surface area contributed by atoms with Gasteiger partial charge in [-0.3, -0.25) is 0 Å². The van der Waals surface area contributed by atoms with E-state index >= 15 is 0 Å². The largest absolute Gasteiger partial charge is 0.392 e. The van der Waals surface area contributed by atoms with Crippen LogP contribution < -0.4 is 5.32 Å². The highest BCUT2D eigenvalue weighted by Crippen LogP contribution is 2.42. The maximum atomic E-state index is 12.6. The molecule has 1 rings (SSSR count). The zero-order valence-electron chi connectivity index (χ0n) is 8.69. The van der Waals surface area contributed by atoms with Crippen molar-refractivity contribution in [3.8, 4) is 0 Å². The van der Waals surface area contributed by atoms with Crippen molar-refractivity contribution in [2.24, 2.45) is 11.8 Å². The molecule has 0 spiro atoms. The molecule has 14 heavy (non-hydrogen) atoms. The van der Waals surface area contributed by atoms with E-state index in [0.29, 0.717) is 19.3 Å². The van der Waals surface area contributed by atoms with E-state index in [0.717, 1.165) is 0 Å². The molecule has 0 aliphatic heterocycles. The van der Waals surface area contributed by atoms with Crippen molar-refractivity contribution in [1.82, 2.24) is 5.32 Å². The third-order valence-corrected chi connectivity index (χ3v) is 3.34. The second-order valence-corrected chi connectivity index (χ2v) is 4.12. The standard InChI is InChI=1S/C10H18F3N/c1-3-7-6-8(14-2)4-5-9(7)10(11,12)13/h7-9,14H,3-6H2,1-2H3. The molecule has 1 saturated carbocycles. The van der Waals surface area contributed by atoms with Gasteiger partial charge in [0.2, 0.25) is 0 Å². The molecule has 0 radical (unpaired) electrons. The lowest BCUT2D eigenvalue weighted by Gasteiger charge is -2.36. The zero-order valence-corrected chi connectivity index (χ0v) is 8.69. The first-order valence-corrected chi connectivity index (χ1v) is 5.23. The molecule has 3 unspecified atom stereocenters. The zero-order chi connectivity index (χ0) is 10.8. The van der Waals surface area contributed by atoms with Crippen LogP contribution in [0.1, 0.15) is 32.6 Å². The first-order valence-electron chi connectivity index (χ1n) is 5.23. The van der Waals surface area contributed by atoms with Gasteiger partial charge in [0.25, 0.3) is 0 Å². The normalized spacial score (nSPS) is 34.5. The van der Waals surface area contributed by atoms with Crippen LogP contribution in [0.15, 0.2) is 0 Å². The Morgan fingerprint density at radius 1 is 1.29 bits per heavy atom. The summed E-state index contributed by atoms with van der Waals surface area (Å²) < 4.78 is 37.8. The van der Waals surface area contributed by atoms with Crippen LogP contribution in [0, 0.1) is 11.8 Å². The number of rotatable bonds is 2. The average Bonchev–Trinajstić information content (AvgIpc) is 2.15. The summed E-state index contributed by atoms with van der Waals surface area (Å²) in [6, 6.07) is 0.276. The summed E-state index contributed by atoms with van der Waals surface area (Å²) in [6.07, 6.45) is -1.77. The lowest BCUT2D eigenvalue weighted by molar-refractivity contribution is -0.197. The second kappa shape index (κ2) is 4.51. The maximum absolute atomic E-state index is 12.6. The fourth-order valence-electron chi connectivity index (χ4n) is 2.41. The summed E-state index contributed by atoms with van der Waals surface area (Å²) in [5.74, 6) is -1.27. The van der Waals surface area contributed by atoms with Gasteiger partial charge in [0, 0.05) is 6.04 Å². The molecule has 1 aliphatic carbocycles. The lowest BCUT2D eigenvalue weighted by atomic mass is 9.75. The van der Waals surface area contributed by atoms with Crippen molar-refractivity contribution in [3.63, 3.8) is 0 Å². The van der Waals surface area contributed by atoms with Gasteiger partial charge in [0.1, 0.15) is 0 Å². The minimum absolute atomic E-state index is 0.193. The van der Waals surface area contributed by atoms with Gasteiger partial charge in [-0.1, -0.05) is 13.3 Å². The van der Waals surface area contributed by atoms with Crippen LogP contribution in [0.4, 0.5) is 13.2 Å². The Labute approximate surface area is 83.1 Å². The van der Waals surface area contributed by atoms with E-state index in [-0.39, 0.29) is 18.4 Å². The molecule has 4 heteroatoms. The van der Waals surface area contributed by atoms with Crippen LogP contribution in [-0.2, 0) is 0 Å². The highest BCUT2D eigenvalue weighted by molar-refractivity contribution is 4.85.